The standard InChI is InChI=1S/C15H22N2/c1-12-6-5-7-13-10-16-11-14(15(12)13)17-8-3-2-4-9-17/h5-7,14,16H,2-4,8-11H2,1H3/p+2/t14-/m1/s1. The molecule has 0 amide bonds. The fourth-order valence-electron chi connectivity index (χ4n) is 3.67. The van der Waals surface area contributed by atoms with E-state index in [9.17, 15) is 0 Å². The highest BCUT2D eigenvalue weighted by molar-refractivity contribution is 5.36. The van der Waals surface area contributed by atoms with Gasteiger partial charge in [-0.25, -0.2) is 0 Å². The molecule has 0 aromatic heterocycles. The van der Waals surface area contributed by atoms with Gasteiger partial charge in [-0.2, -0.15) is 0 Å². The molecule has 0 saturated carbocycles. The minimum absolute atomic E-state index is 0.750. The topological polar surface area (TPSA) is 21.1 Å². The van der Waals surface area contributed by atoms with Crippen LogP contribution in [0.3, 0.4) is 0 Å². The van der Waals surface area contributed by atoms with E-state index in [-0.39, 0.29) is 0 Å². The Bertz CT molecular complexity index is 394. The van der Waals surface area contributed by atoms with E-state index < -0.39 is 0 Å². The zero-order valence-electron chi connectivity index (χ0n) is 10.8. The quantitative estimate of drug-likeness (QED) is 0.689. The molecule has 1 atom stereocenters. The Labute approximate surface area is 104 Å². The average Bonchev–Trinajstić information content (AvgIpc) is 2.39. The van der Waals surface area contributed by atoms with Crippen LogP contribution in [0.25, 0.3) is 0 Å². The fraction of sp³-hybridized carbons (Fsp3) is 0.600. The number of quaternary nitrogens is 2. The zero-order valence-corrected chi connectivity index (χ0v) is 10.8. The van der Waals surface area contributed by atoms with E-state index in [0.717, 1.165) is 6.04 Å². The molecule has 92 valence electrons. The van der Waals surface area contributed by atoms with Gasteiger partial charge in [-0.3, -0.25) is 0 Å². The summed E-state index contributed by atoms with van der Waals surface area (Å²) in [5, 5.41) is 2.49. The van der Waals surface area contributed by atoms with Gasteiger partial charge >= 0.3 is 0 Å². The molecule has 1 aromatic rings. The maximum Gasteiger partial charge on any atom is 0.163 e. The smallest absolute Gasteiger partial charge is 0.163 e. The lowest BCUT2D eigenvalue weighted by Crippen LogP contribution is -3.16. The molecule has 2 aliphatic rings. The number of nitrogens with two attached hydrogens (primary N) is 1. The molecule has 2 heterocycles. The van der Waals surface area contributed by atoms with Crippen LogP contribution in [0.4, 0.5) is 0 Å². The molecular weight excluding hydrogens is 208 g/mol. The van der Waals surface area contributed by atoms with Crippen LogP contribution in [0, 0.1) is 6.92 Å². The van der Waals surface area contributed by atoms with Gasteiger partial charge in [-0.15, -0.1) is 0 Å². The van der Waals surface area contributed by atoms with Gasteiger partial charge in [0, 0.05) is 11.1 Å². The minimum atomic E-state index is 0.750. The number of nitrogens with one attached hydrogen (secondary N) is 1. The highest BCUT2D eigenvalue weighted by atomic mass is 15.2. The lowest BCUT2D eigenvalue weighted by Gasteiger charge is -2.34. The number of benzene rings is 1. The molecule has 1 fully saturated rings. The summed E-state index contributed by atoms with van der Waals surface area (Å²) in [6.07, 6.45) is 4.29. The van der Waals surface area contributed by atoms with Gasteiger partial charge < -0.3 is 10.2 Å². The van der Waals surface area contributed by atoms with Crippen LogP contribution < -0.4 is 10.2 Å². The first kappa shape index (κ1) is 11.2. The molecule has 2 heteroatoms. The van der Waals surface area contributed by atoms with Gasteiger partial charge in [0.25, 0.3) is 0 Å². The molecule has 1 saturated heterocycles. The summed E-state index contributed by atoms with van der Waals surface area (Å²) in [7, 11) is 0. The second kappa shape index (κ2) is 4.79. The average molecular weight is 232 g/mol. The summed E-state index contributed by atoms with van der Waals surface area (Å²) < 4.78 is 0. The molecule has 2 aliphatic heterocycles. The highest BCUT2D eigenvalue weighted by Crippen LogP contribution is 2.21. The summed E-state index contributed by atoms with van der Waals surface area (Å²) in [5.74, 6) is 0. The summed E-state index contributed by atoms with van der Waals surface area (Å²) in [5.41, 5.74) is 4.77. The van der Waals surface area contributed by atoms with Crippen molar-refractivity contribution < 1.29 is 10.2 Å². The predicted molar refractivity (Wildman–Crippen MR) is 69.0 cm³/mol. The summed E-state index contributed by atoms with van der Waals surface area (Å²) in [4.78, 5) is 1.84. The van der Waals surface area contributed by atoms with Crippen molar-refractivity contribution in [3.05, 3.63) is 34.9 Å². The lowest BCUT2D eigenvalue weighted by molar-refractivity contribution is -0.952. The monoisotopic (exact) mass is 232 g/mol. The number of hydrogen-bond donors (Lipinski definition) is 2. The van der Waals surface area contributed by atoms with Crippen LogP contribution in [0.2, 0.25) is 0 Å². The van der Waals surface area contributed by atoms with Crippen molar-refractivity contribution in [3.63, 3.8) is 0 Å². The molecule has 0 radical (unpaired) electrons. The number of hydrogen-bond acceptors (Lipinski definition) is 0. The first-order chi connectivity index (χ1) is 8.36. The Hall–Kier alpha value is -0.860. The lowest BCUT2D eigenvalue weighted by atomic mass is 9.90. The van der Waals surface area contributed by atoms with Gasteiger partial charge in [0.2, 0.25) is 0 Å². The third-order valence-electron chi connectivity index (χ3n) is 4.52. The summed E-state index contributed by atoms with van der Waals surface area (Å²) in [6.45, 7) is 7.52. The van der Waals surface area contributed by atoms with Crippen LogP contribution in [-0.4, -0.2) is 19.6 Å². The molecular formula is C15H24N2+2. The van der Waals surface area contributed by atoms with E-state index in [1.807, 2.05) is 4.90 Å². The van der Waals surface area contributed by atoms with Crippen molar-refractivity contribution in [2.75, 3.05) is 19.6 Å². The second-order valence-electron chi connectivity index (χ2n) is 5.65. The van der Waals surface area contributed by atoms with Gasteiger partial charge in [-0.1, -0.05) is 18.2 Å². The zero-order chi connectivity index (χ0) is 11.7. The minimum Gasteiger partial charge on any atom is -0.337 e. The third-order valence-corrected chi connectivity index (χ3v) is 4.52. The molecule has 17 heavy (non-hydrogen) atoms. The van der Waals surface area contributed by atoms with Gasteiger partial charge in [0.05, 0.1) is 13.1 Å². The van der Waals surface area contributed by atoms with E-state index >= 15 is 0 Å². The first-order valence-corrected chi connectivity index (χ1v) is 7.11. The van der Waals surface area contributed by atoms with Gasteiger partial charge in [0.1, 0.15) is 13.1 Å². The molecule has 3 N–H and O–H groups in total. The Morgan fingerprint density at radius 2 is 2.00 bits per heavy atom. The van der Waals surface area contributed by atoms with Crippen molar-refractivity contribution in [3.8, 4) is 0 Å². The number of likely N-dealkylation sites (tertiary alicyclic amines) is 1. The Morgan fingerprint density at radius 1 is 1.18 bits per heavy atom. The second-order valence-corrected chi connectivity index (χ2v) is 5.65. The summed E-state index contributed by atoms with van der Waals surface area (Å²) >= 11 is 0. The molecule has 1 aromatic carbocycles. The van der Waals surface area contributed by atoms with Crippen LogP contribution >= 0.6 is 0 Å². The van der Waals surface area contributed by atoms with E-state index in [4.69, 9.17) is 0 Å². The van der Waals surface area contributed by atoms with E-state index in [2.05, 4.69) is 30.4 Å². The van der Waals surface area contributed by atoms with E-state index in [0.29, 0.717) is 0 Å². The normalized spacial score (nSPS) is 25.6. The molecule has 3 rings (SSSR count). The molecule has 0 bridgehead atoms. The van der Waals surface area contributed by atoms with Crippen LogP contribution in [0.1, 0.15) is 42.0 Å². The third kappa shape index (κ3) is 2.12. The number of rotatable bonds is 1. The van der Waals surface area contributed by atoms with E-state index in [1.54, 1.807) is 11.1 Å². The molecule has 2 nitrogen and oxygen atoms in total. The molecule has 0 unspecified atom stereocenters. The van der Waals surface area contributed by atoms with Crippen molar-refractivity contribution in [2.45, 2.75) is 38.8 Å². The summed E-state index contributed by atoms with van der Waals surface area (Å²) in [6, 6.07) is 7.59. The van der Waals surface area contributed by atoms with Gasteiger partial charge in [0.15, 0.2) is 6.04 Å². The number of fused-ring (bicyclic) bond motifs is 1. The Kier molecular flexibility index (Phi) is 3.17. The first-order valence-electron chi connectivity index (χ1n) is 7.11. The van der Waals surface area contributed by atoms with Crippen LogP contribution in [-0.2, 0) is 6.54 Å². The van der Waals surface area contributed by atoms with Crippen molar-refractivity contribution in [1.82, 2.24) is 0 Å². The highest BCUT2D eigenvalue weighted by Gasteiger charge is 2.33. The largest absolute Gasteiger partial charge is 0.337 e. The maximum absolute atomic E-state index is 2.49. The van der Waals surface area contributed by atoms with Crippen molar-refractivity contribution in [2.24, 2.45) is 0 Å². The van der Waals surface area contributed by atoms with Gasteiger partial charge in [-0.05, 0) is 31.7 Å². The van der Waals surface area contributed by atoms with Crippen LogP contribution in [0.5, 0.6) is 0 Å². The fourth-order valence-corrected chi connectivity index (χ4v) is 3.67. The van der Waals surface area contributed by atoms with E-state index in [1.165, 1.54) is 51.0 Å². The van der Waals surface area contributed by atoms with Crippen LogP contribution in [0.15, 0.2) is 18.2 Å². The van der Waals surface area contributed by atoms with Crippen molar-refractivity contribution >= 4 is 0 Å². The number of aryl methyl sites for hydroxylation is 1. The molecule has 0 spiro atoms. The Morgan fingerprint density at radius 3 is 2.82 bits per heavy atom. The maximum atomic E-state index is 2.49. The number of piperidine rings is 1. The predicted octanol–water partition coefficient (Wildman–Crippen LogP) is 0.182. The van der Waals surface area contributed by atoms with Crippen molar-refractivity contribution in [1.29, 1.82) is 0 Å². The SMILES string of the molecule is Cc1cccc2c1[C@H]([NH+]1CCCCC1)C[NH2+]C2. The Balaban J connectivity index is 1.92. The molecule has 0 aliphatic carbocycles.